The molecule has 0 amide bonds. The van der Waals surface area contributed by atoms with E-state index in [2.05, 4.69) is 11.5 Å². The molecule has 0 aromatic heterocycles. The molecule has 0 unspecified atom stereocenters. The molecule has 0 heterocycles. The van der Waals surface area contributed by atoms with Crippen molar-refractivity contribution >= 4 is 8.80 Å². The monoisotopic (exact) mass is 324 g/mol. The second kappa shape index (κ2) is 9.49. The molecule has 1 aromatic carbocycles. The number of benzene rings is 1. The molecular weight excluding hydrogens is 300 g/mol. The van der Waals surface area contributed by atoms with Gasteiger partial charge in [-0.05, 0) is 38.4 Å². The highest BCUT2D eigenvalue weighted by Crippen LogP contribution is 2.30. The summed E-state index contributed by atoms with van der Waals surface area (Å²) in [5.74, 6) is 4.28. The van der Waals surface area contributed by atoms with Crippen LogP contribution in [0.3, 0.4) is 0 Å². The van der Waals surface area contributed by atoms with Crippen LogP contribution in [0.15, 0.2) is 18.2 Å². The minimum atomic E-state index is -3.00. The molecule has 0 saturated carbocycles. The van der Waals surface area contributed by atoms with Crippen molar-refractivity contribution in [3.8, 4) is 23.0 Å². The van der Waals surface area contributed by atoms with E-state index in [9.17, 15) is 0 Å². The lowest BCUT2D eigenvalue weighted by molar-refractivity contribution is 0.0870. The Bertz CT molecular complexity index is 504. The summed E-state index contributed by atoms with van der Waals surface area (Å²) >= 11 is 0. The highest BCUT2D eigenvalue weighted by atomic mass is 28.4. The fourth-order valence-electron chi connectivity index (χ4n) is 1.93. The maximum atomic E-state index is 5.71. The van der Waals surface area contributed by atoms with E-state index in [0.717, 1.165) is 0 Å². The number of rotatable bonds is 8. The minimum Gasteiger partial charge on any atom is -0.493 e. The van der Waals surface area contributed by atoms with Gasteiger partial charge < -0.3 is 22.8 Å². The Morgan fingerprint density at radius 3 is 1.95 bits per heavy atom. The molecule has 0 fully saturated rings. The zero-order valence-electron chi connectivity index (χ0n) is 13.9. The minimum absolute atomic E-state index is 0.482. The Morgan fingerprint density at radius 2 is 1.50 bits per heavy atom. The summed E-state index contributed by atoms with van der Waals surface area (Å²) in [6, 6.07) is 5.54. The topological polar surface area (TPSA) is 46.2 Å². The van der Waals surface area contributed by atoms with Crippen LogP contribution in [0.5, 0.6) is 11.5 Å². The molecule has 5 nitrogen and oxygen atoms in total. The van der Waals surface area contributed by atoms with Gasteiger partial charge in [-0.25, -0.2) is 0 Å². The Hall–Kier alpha value is -1.52. The summed E-state index contributed by atoms with van der Waals surface area (Å²) < 4.78 is 27.8. The van der Waals surface area contributed by atoms with Crippen LogP contribution in [0.4, 0.5) is 0 Å². The van der Waals surface area contributed by atoms with Crippen LogP contribution in [0.1, 0.15) is 26.3 Å². The van der Waals surface area contributed by atoms with Gasteiger partial charge >= 0.3 is 8.80 Å². The molecule has 122 valence electrons. The summed E-state index contributed by atoms with van der Waals surface area (Å²) in [5, 5.41) is 0. The average molecular weight is 324 g/mol. The highest BCUT2D eigenvalue weighted by Gasteiger charge is 2.39. The number of hydrogen-bond donors (Lipinski definition) is 0. The molecule has 0 radical (unpaired) electrons. The molecule has 0 saturated heterocycles. The van der Waals surface area contributed by atoms with E-state index in [1.54, 1.807) is 14.2 Å². The van der Waals surface area contributed by atoms with Crippen LogP contribution < -0.4 is 9.47 Å². The van der Waals surface area contributed by atoms with E-state index in [-0.39, 0.29) is 0 Å². The molecule has 22 heavy (non-hydrogen) atoms. The molecule has 0 atom stereocenters. The normalized spacial score (nSPS) is 10.8. The van der Waals surface area contributed by atoms with Gasteiger partial charge in [0.05, 0.1) is 19.8 Å². The molecule has 0 spiro atoms. The standard InChI is InChI=1S/C16H24O5Si/c1-6-19-22(20-7-2,21-8-3)13-12-14-10-9-11-15(17-4)16(14)18-5/h9-11H,6-8H2,1-5H3. The quantitative estimate of drug-likeness (QED) is 0.543. The molecule has 1 rings (SSSR count). The van der Waals surface area contributed by atoms with Gasteiger partial charge in [-0.15, -0.1) is 0 Å². The first-order valence-electron chi connectivity index (χ1n) is 7.32. The number of para-hydroxylation sites is 1. The molecule has 6 heteroatoms. The van der Waals surface area contributed by atoms with E-state index >= 15 is 0 Å². The first-order chi connectivity index (χ1) is 10.7. The molecule has 0 N–H and O–H groups in total. The first kappa shape index (κ1) is 18.5. The first-order valence-corrected chi connectivity index (χ1v) is 9.04. The second-order valence-corrected chi connectivity index (χ2v) is 6.37. The van der Waals surface area contributed by atoms with Crippen LogP contribution in [-0.4, -0.2) is 42.8 Å². The van der Waals surface area contributed by atoms with Crippen molar-refractivity contribution in [1.29, 1.82) is 0 Å². The zero-order valence-corrected chi connectivity index (χ0v) is 14.9. The molecular formula is C16H24O5Si. The smallest absolute Gasteiger partial charge is 0.493 e. The van der Waals surface area contributed by atoms with Crippen molar-refractivity contribution < 1.29 is 22.8 Å². The largest absolute Gasteiger partial charge is 0.591 e. The summed E-state index contributed by atoms with van der Waals surface area (Å²) in [5.41, 5.74) is 3.77. The van der Waals surface area contributed by atoms with Crippen molar-refractivity contribution in [2.75, 3.05) is 34.0 Å². The van der Waals surface area contributed by atoms with Gasteiger partial charge in [0, 0.05) is 19.8 Å². The highest BCUT2D eigenvalue weighted by molar-refractivity contribution is 6.69. The van der Waals surface area contributed by atoms with Gasteiger partial charge in [0.2, 0.25) is 0 Å². The van der Waals surface area contributed by atoms with Crippen LogP contribution in [0.25, 0.3) is 0 Å². The van der Waals surface area contributed by atoms with Crippen molar-refractivity contribution in [3.63, 3.8) is 0 Å². The molecule has 1 aromatic rings. The molecule has 0 bridgehead atoms. The van der Waals surface area contributed by atoms with E-state index < -0.39 is 8.80 Å². The fraction of sp³-hybridized carbons (Fsp3) is 0.500. The third kappa shape index (κ3) is 4.75. The average Bonchev–Trinajstić information content (AvgIpc) is 2.53. The van der Waals surface area contributed by atoms with Crippen molar-refractivity contribution in [3.05, 3.63) is 23.8 Å². The Morgan fingerprint density at radius 1 is 0.909 bits per heavy atom. The van der Waals surface area contributed by atoms with Gasteiger partial charge in [0.25, 0.3) is 0 Å². The summed E-state index contributed by atoms with van der Waals surface area (Å²) in [4.78, 5) is 0. The summed E-state index contributed by atoms with van der Waals surface area (Å²) in [6.45, 7) is 7.14. The van der Waals surface area contributed by atoms with Gasteiger partial charge in [-0.2, -0.15) is 0 Å². The lowest BCUT2D eigenvalue weighted by atomic mass is 10.2. The van der Waals surface area contributed by atoms with Crippen LogP contribution in [0, 0.1) is 11.5 Å². The SMILES string of the molecule is CCO[Si](C#Cc1cccc(OC)c1OC)(OCC)OCC. The molecule has 0 aliphatic heterocycles. The predicted molar refractivity (Wildman–Crippen MR) is 87.1 cm³/mol. The van der Waals surface area contributed by atoms with Gasteiger partial charge in [-0.1, -0.05) is 12.0 Å². The molecule has 0 aliphatic carbocycles. The maximum Gasteiger partial charge on any atom is 0.591 e. The number of methoxy groups -OCH3 is 2. The summed E-state index contributed by atoms with van der Waals surface area (Å²) in [7, 11) is 0.178. The lowest BCUT2D eigenvalue weighted by Gasteiger charge is -2.22. The third-order valence-electron chi connectivity index (χ3n) is 2.76. The van der Waals surface area contributed by atoms with Crippen LogP contribution in [-0.2, 0) is 13.3 Å². The van der Waals surface area contributed by atoms with Crippen LogP contribution in [0.2, 0.25) is 0 Å². The zero-order chi connectivity index (χ0) is 16.4. The number of hydrogen-bond acceptors (Lipinski definition) is 5. The van der Waals surface area contributed by atoms with E-state index in [4.69, 9.17) is 22.8 Å². The third-order valence-corrected chi connectivity index (χ3v) is 5.19. The van der Waals surface area contributed by atoms with Gasteiger partial charge in [0.1, 0.15) is 0 Å². The van der Waals surface area contributed by atoms with Crippen molar-refractivity contribution in [2.24, 2.45) is 0 Å². The second-order valence-electron chi connectivity index (χ2n) is 4.15. The fourth-order valence-corrected chi connectivity index (χ4v) is 3.83. The Kier molecular flexibility index (Phi) is 7.99. The summed E-state index contributed by atoms with van der Waals surface area (Å²) in [6.07, 6.45) is 0. The number of ether oxygens (including phenoxy) is 2. The van der Waals surface area contributed by atoms with E-state index in [1.807, 2.05) is 39.0 Å². The van der Waals surface area contributed by atoms with Gasteiger partial charge in [0.15, 0.2) is 11.5 Å². The van der Waals surface area contributed by atoms with Crippen LogP contribution >= 0.6 is 0 Å². The van der Waals surface area contributed by atoms with E-state index in [1.165, 1.54) is 0 Å². The lowest BCUT2D eigenvalue weighted by Crippen LogP contribution is -2.45. The predicted octanol–water partition coefficient (Wildman–Crippen LogP) is 2.64. The van der Waals surface area contributed by atoms with Crippen molar-refractivity contribution in [1.82, 2.24) is 0 Å². The Labute approximate surface area is 133 Å². The van der Waals surface area contributed by atoms with Crippen molar-refractivity contribution in [2.45, 2.75) is 20.8 Å². The molecule has 0 aliphatic rings. The maximum absolute atomic E-state index is 5.71. The Balaban J connectivity index is 3.21. The van der Waals surface area contributed by atoms with Gasteiger partial charge in [-0.3, -0.25) is 0 Å². The van der Waals surface area contributed by atoms with E-state index in [0.29, 0.717) is 36.9 Å².